The number of aromatic nitrogens is 3. The van der Waals surface area contributed by atoms with Crippen LogP contribution in [0.2, 0.25) is 0 Å². The summed E-state index contributed by atoms with van der Waals surface area (Å²) in [6.45, 7) is 4.22. The molecule has 0 radical (unpaired) electrons. The molecule has 0 bridgehead atoms. The molecule has 4 nitrogen and oxygen atoms in total. The zero-order valence-corrected chi connectivity index (χ0v) is 16.8. The van der Waals surface area contributed by atoms with Crippen LogP contribution in [0.4, 0.5) is 0 Å². The Morgan fingerprint density at radius 1 is 1.13 bits per heavy atom. The summed E-state index contributed by atoms with van der Waals surface area (Å²) in [4.78, 5) is 8.91. The standard InChI is InChI=1S/C18H17N3O.K.H/c1-12-7-8-21-13(2)15(20-18(21)9-12)5-3-14-4-6-16-17(10-14)22-11-19-16;;/h4,6-11H,3,5H2,1-2H3;;/q;+1;-1. The van der Waals surface area contributed by atoms with E-state index in [9.17, 15) is 0 Å². The topological polar surface area (TPSA) is 43.3 Å². The van der Waals surface area contributed by atoms with Crippen LogP contribution < -0.4 is 51.4 Å². The van der Waals surface area contributed by atoms with Crippen LogP contribution in [0.15, 0.2) is 47.3 Å². The van der Waals surface area contributed by atoms with Crippen molar-refractivity contribution < 1.29 is 57.2 Å². The summed E-state index contributed by atoms with van der Waals surface area (Å²) in [6.07, 6.45) is 5.45. The zero-order valence-electron chi connectivity index (χ0n) is 14.7. The van der Waals surface area contributed by atoms with Crippen LogP contribution in [0, 0.1) is 13.8 Å². The van der Waals surface area contributed by atoms with Crippen LogP contribution in [0.1, 0.15) is 23.9 Å². The normalized spacial score (nSPS) is 11.0. The molecule has 3 aromatic heterocycles. The molecule has 0 aliphatic rings. The van der Waals surface area contributed by atoms with Crippen molar-refractivity contribution in [2.45, 2.75) is 26.7 Å². The van der Waals surface area contributed by atoms with E-state index in [1.807, 2.05) is 6.07 Å². The van der Waals surface area contributed by atoms with Crippen LogP contribution in [-0.4, -0.2) is 14.4 Å². The Bertz CT molecular complexity index is 977. The number of hydrogen-bond donors (Lipinski definition) is 0. The Balaban J connectivity index is 0.00000104. The average molecular weight is 331 g/mol. The summed E-state index contributed by atoms with van der Waals surface area (Å²) < 4.78 is 7.52. The van der Waals surface area contributed by atoms with Crippen LogP contribution in [0.25, 0.3) is 16.7 Å². The van der Waals surface area contributed by atoms with Crippen molar-refractivity contribution >= 4 is 16.7 Å². The van der Waals surface area contributed by atoms with Crippen molar-refractivity contribution in [3.63, 3.8) is 0 Å². The fraction of sp³-hybridized carbons (Fsp3) is 0.222. The minimum Gasteiger partial charge on any atom is -1.00 e. The number of rotatable bonds is 3. The van der Waals surface area contributed by atoms with Gasteiger partial charge in [-0.1, -0.05) is 6.07 Å². The maximum atomic E-state index is 5.36. The number of hydrogen-bond acceptors (Lipinski definition) is 3. The Hall–Kier alpha value is -0.984. The minimum absolute atomic E-state index is 0. The number of imidazole rings is 1. The van der Waals surface area contributed by atoms with Gasteiger partial charge < -0.3 is 10.2 Å². The molecule has 112 valence electrons. The fourth-order valence-corrected chi connectivity index (χ4v) is 2.87. The van der Waals surface area contributed by atoms with E-state index < -0.39 is 0 Å². The summed E-state index contributed by atoms with van der Waals surface area (Å²) in [5, 5.41) is 0. The predicted molar refractivity (Wildman–Crippen MR) is 87.2 cm³/mol. The molecular formula is C18H18KN3O. The van der Waals surface area contributed by atoms with E-state index in [1.54, 1.807) is 0 Å². The Morgan fingerprint density at radius 2 is 2.00 bits per heavy atom. The second-order valence-corrected chi connectivity index (χ2v) is 5.73. The van der Waals surface area contributed by atoms with E-state index in [4.69, 9.17) is 9.40 Å². The van der Waals surface area contributed by atoms with E-state index in [1.165, 1.54) is 23.2 Å². The summed E-state index contributed by atoms with van der Waals surface area (Å²) in [6, 6.07) is 10.4. The van der Waals surface area contributed by atoms with Gasteiger partial charge in [0.25, 0.3) is 0 Å². The Morgan fingerprint density at radius 3 is 2.87 bits per heavy atom. The van der Waals surface area contributed by atoms with Crippen molar-refractivity contribution in [2.24, 2.45) is 0 Å². The van der Waals surface area contributed by atoms with Crippen molar-refractivity contribution in [2.75, 3.05) is 0 Å². The molecule has 0 unspecified atom stereocenters. The molecule has 0 saturated heterocycles. The first-order chi connectivity index (χ1) is 10.7. The molecule has 23 heavy (non-hydrogen) atoms. The first-order valence-corrected chi connectivity index (χ1v) is 7.47. The molecule has 0 fully saturated rings. The van der Waals surface area contributed by atoms with Gasteiger partial charge in [0.05, 0.1) is 5.69 Å². The predicted octanol–water partition coefficient (Wildman–Crippen LogP) is 0.994. The summed E-state index contributed by atoms with van der Waals surface area (Å²) in [7, 11) is 0. The van der Waals surface area contributed by atoms with Crippen LogP contribution in [0.5, 0.6) is 0 Å². The SMILES string of the molecule is Cc1ccn2c(C)c(CCc3ccc4ncoc4c3)nc2c1.[H-].[K+]. The first-order valence-electron chi connectivity index (χ1n) is 7.47. The maximum absolute atomic E-state index is 5.36. The number of pyridine rings is 1. The smallest absolute Gasteiger partial charge is 1.00 e. The van der Waals surface area contributed by atoms with Gasteiger partial charge in [0.15, 0.2) is 12.0 Å². The van der Waals surface area contributed by atoms with Gasteiger partial charge in [-0.15, -0.1) is 0 Å². The van der Waals surface area contributed by atoms with Gasteiger partial charge in [-0.3, -0.25) is 0 Å². The van der Waals surface area contributed by atoms with Crippen molar-refractivity contribution in [1.82, 2.24) is 14.4 Å². The second-order valence-electron chi connectivity index (χ2n) is 5.73. The molecule has 3 heterocycles. The summed E-state index contributed by atoms with van der Waals surface area (Å²) in [5.74, 6) is 0. The Kier molecular flexibility index (Phi) is 5.03. The third-order valence-corrected chi connectivity index (χ3v) is 4.16. The van der Waals surface area contributed by atoms with Crippen molar-refractivity contribution in [3.05, 3.63) is 65.4 Å². The number of fused-ring (bicyclic) bond motifs is 2. The van der Waals surface area contributed by atoms with Gasteiger partial charge in [0.1, 0.15) is 11.2 Å². The molecule has 5 heteroatoms. The second kappa shape index (κ2) is 6.87. The molecule has 0 spiro atoms. The molecule has 0 saturated carbocycles. The van der Waals surface area contributed by atoms with Gasteiger partial charge in [-0.2, -0.15) is 0 Å². The molecule has 0 atom stereocenters. The van der Waals surface area contributed by atoms with E-state index in [2.05, 4.69) is 53.7 Å². The monoisotopic (exact) mass is 331 g/mol. The molecule has 4 rings (SSSR count). The number of nitrogens with zero attached hydrogens (tertiary/aromatic N) is 3. The van der Waals surface area contributed by atoms with Gasteiger partial charge in [-0.25, -0.2) is 9.97 Å². The number of oxazole rings is 1. The molecule has 4 aromatic rings. The third-order valence-electron chi connectivity index (χ3n) is 4.16. The quantitative estimate of drug-likeness (QED) is 0.526. The van der Waals surface area contributed by atoms with Crippen LogP contribution in [-0.2, 0) is 12.8 Å². The zero-order chi connectivity index (χ0) is 15.1. The largest absolute Gasteiger partial charge is 1.00 e. The number of aryl methyl sites for hydroxylation is 4. The van der Waals surface area contributed by atoms with E-state index >= 15 is 0 Å². The summed E-state index contributed by atoms with van der Waals surface area (Å²) >= 11 is 0. The van der Waals surface area contributed by atoms with Crippen LogP contribution >= 0.6 is 0 Å². The third kappa shape index (κ3) is 3.30. The molecule has 0 N–H and O–H groups in total. The van der Waals surface area contributed by atoms with Crippen molar-refractivity contribution in [3.8, 4) is 0 Å². The molecule has 1 aromatic carbocycles. The first kappa shape index (κ1) is 16.9. The van der Waals surface area contributed by atoms with Gasteiger partial charge in [0.2, 0.25) is 0 Å². The molecule has 0 aliphatic heterocycles. The van der Waals surface area contributed by atoms with Crippen molar-refractivity contribution in [1.29, 1.82) is 0 Å². The summed E-state index contributed by atoms with van der Waals surface area (Å²) in [5.41, 5.74) is 7.64. The number of benzene rings is 1. The van der Waals surface area contributed by atoms with Gasteiger partial charge >= 0.3 is 51.4 Å². The minimum atomic E-state index is 0. The molecular weight excluding hydrogens is 313 g/mol. The van der Waals surface area contributed by atoms with Gasteiger partial charge in [0, 0.05) is 11.9 Å². The molecule has 0 aliphatic carbocycles. The maximum Gasteiger partial charge on any atom is 1.00 e. The fourth-order valence-electron chi connectivity index (χ4n) is 2.87. The van der Waals surface area contributed by atoms with E-state index in [0.717, 1.165) is 35.3 Å². The van der Waals surface area contributed by atoms with Gasteiger partial charge in [-0.05, 0) is 62.1 Å². The van der Waals surface area contributed by atoms with E-state index in [-0.39, 0.29) is 52.8 Å². The molecule has 0 amide bonds. The van der Waals surface area contributed by atoms with Crippen LogP contribution in [0.3, 0.4) is 0 Å². The van der Waals surface area contributed by atoms with E-state index in [0.29, 0.717) is 0 Å². The average Bonchev–Trinajstić information content (AvgIpc) is 3.09. The Labute approximate surface area is 178 Å².